The van der Waals surface area contributed by atoms with Gasteiger partial charge in [-0.3, -0.25) is 0 Å². The molecule has 1 aromatic carbocycles. The summed E-state index contributed by atoms with van der Waals surface area (Å²) in [6.07, 6.45) is 2.41. The maximum atomic E-state index is 11.3. The van der Waals surface area contributed by atoms with Gasteiger partial charge in [0.15, 0.2) is 8.32 Å². The molecule has 0 saturated carbocycles. The standard InChI is InChI=1S/C20H33ClO2Si/c1-16(22)10-9-13-20(5,17-11-8-12-18(21)14-17)15-23-24(6,7)19(2,3)4/h8,11-12,14H,9-10,13,15H2,1-7H3/t20-/m1/s1. The van der Waals surface area contributed by atoms with Crippen LogP contribution in [0.2, 0.25) is 23.2 Å². The first kappa shape index (κ1) is 21.4. The molecule has 0 saturated heterocycles. The largest absolute Gasteiger partial charge is 0.416 e. The number of hydrogen-bond donors (Lipinski definition) is 0. The zero-order valence-electron chi connectivity index (χ0n) is 16.3. The van der Waals surface area contributed by atoms with E-state index < -0.39 is 8.32 Å². The Kier molecular flexibility index (Phi) is 7.27. The van der Waals surface area contributed by atoms with Crippen molar-refractivity contribution in [2.45, 2.75) is 77.4 Å². The second kappa shape index (κ2) is 8.16. The van der Waals surface area contributed by atoms with Gasteiger partial charge >= 0.3 is 0 Å². The lowest BCUT2D eigenvalue weighted by atomic mass is 9.79. The third kappa shape index (κ3) is 6.02. The smallest absolute Gasteiger partial charge is 0.192 e. The summed E-state index contributed by atoms with van der Waals surface area (Å²) in [7, 11) is -1.82. The van der Waals surface area contributed by atoms with Crippen LogP contribution in [0.1, 0.15) is 59.4 Å². The van der Waals surface area contributed by atoms with Crippen LogP contribution in [0.4, 0.5) is 0 Å². The van der Waals surface area contributed by atoms with Crippen molar-refractivity contribution >= 4 is 25.7 Å². The number of carbonyl (C=O) groups is 1. The topological polar surface area (TPSA) is 26.3 Å². The summed E-state index contributed by atoms with van der Waals surface area (Å²) in [6.45, 7) is 15.9. The van der Waals surface area contributed by atoms with Crippen molar-refractivity contribution in [3.63, 3.8) is 0 Å². The predicted octanol–water partition coefficient (Wildman–Crippen LogP) is 6.38. The highest BCUT2D eigenvalue weighted by molar-refractivity contribution is 6.74. The molecule has 0 bridgehead atoms. The van der Waals surface area contributed by atoms with Crippen molar-refractivity contribution in [2.24, 2.45) is 0 Å². The molecule has 24 heavy (non-hydrogen) atoms. The highest BCUT2D eigenvalue weighted by Gasteiger charge is 2.39. The monoisotopic (exact) mass is 368 g/mol. The summed E-state index contributed by atoms with van der Waals surface area (Å²) in [4.78, 5) is 11.3. The van der Waals surface area contributed by atoms with E-state index in [2.05, 4.69) is 46.9 Å². The zero-order valence-corrected chi connectivity index (χ0v) is 18.1. The quantitative estimate of drug-likeness (QED) is 0.497. The summed E-state index contributed by atoms with van der Waals surface area (Å²) in [5, 5.41) is 0.930. The Bertz CT molecular complexity index is 563. The van der Waals surface area contributed by atoms with E-state index >= 15 is 0 Å². The van der Waals surface area contributed by atoms with Gasteiger partial charge in [-0.25, -0.2) is 0 Å². The van der Waals surface area contributed by atoms with Crippen molar-refractivity contribution in [2.75, 3.05) is 6.61 Å². The number of ketones is 1. The van der Waals surface area contributed by atoms with Crippen molar-refractivity contribution in [3.8, 4) is 0 Å². The molecule has 0 radical (unpaired) electrons. The Morgan fingerprint density at radius 1 is 1.21 bits per heavy atom. The average Bonchev–Trinajstić information content (AvgIpc) is 2.44. The first-order valence-corrected chi connectivity index (χ1v) is 12.1. The van der Waals surface area contributed by atoms with E-state index in [0.717, 1.165) is 17.9 Å². The van der Waals surface area contributed by atoms with E-state index in [1.165, 1.54) is 5.56 Å². The van der Waals surface area contributed by atoms with Crippen molar-refractivity contribution in [1.82, 2.24) is 0 Å². The van der Waals surface area contributed by atoms with Gasteiger partial charge in [-0.2, -0.15) is 0 Å². The van der Waals surface area contributed by atoms with E-state index in [1.807, 2.05) is 18.2 Å². The van der Waals surface area contributed by atoms with E-state index in [-0.39, 0.29) is 16.2 Å². The molecular formula is C20H33ClO2Si. The highest BCUT2D eigenvalue weighted by atomic mass is 35.5. The van der Waals surface area contributed by atoms with Crippen molar-refractivity contribution in [1.29, 1.82) is 0 Å². The Hall–Kier alpha value is -0.643. The van der Waals surface area contributed by atoms with E-state index in [9.17, 15) is 4.79 Å². The van der Waals surface area contributed by atoms with Gasteiger partial charge in [0.25, 0.3) is 0 Å². The summed E-state index contributed by atoms with van der Waals surface area (Å²) in [5.74, 6) is 0.244. The molecule has 0 unspecified atom stereocenters. The summed E-state index contributed by atoms with van der Waals surface area (Å²) in [6, 6.07) is 8.04. The molecule has 1 atom stereocenters. The fourth-order valence-electron chi connectivity index (χ4n) is 2.45. The molecular weight excluding hydrogens is 336 g/mol. The van der Waals surface area contributed by atoms with Crippen LogP contribution in [0.5, 0.6) is 0 Å². The number of Topliss-reactive ketones (excluding diaryl/α,β-unsaturated/α-hetero) is 1. The van der Waals surface area contributed by atoms with Crippen LogP contribution in [0.25, 0.3) is 0 Å². The molecule has 0 spiro atoms. The van der Waals surface area contributed by atoms with Gasteiger partial charge in [-0.1, -0.05) is 51.4 Å². The van der Waals surface area contributed by atoms with Crippen LogP contribution in [0, 0.1) is 0 Å². The fourth-order valence-corrected chi connectivity index (χ4v) is 3.75. The molecule has 0 fully saturated rings. The Morgan fingerprint density at radius 3 is 2.33 bits per heavy atom. The minimum absolute atomic E-state index is 0.129. The normalized spacial score (nSPS) is 15.2. The number of hydrogen-bond acceptors (Lipinski definition) is 2. The van der Waals surface area contributed by atoms with E-state index in [4.69, 9.17) is 16.0 Å². The first-order chi connectivity index (χ1) is 10.9. The van der Waals surface area contributed by atoms with Gasteiger partial charge in [-0.05, 0) is 55.6 Å². The fraction of sp³-hybridized carbons (Fsp3) is 0.650. The van der Waals surface area contributed by atoms with Gasteiger partial charge in [0.1, 0.15) is 5.78 Å². The third-order valence-corrected chi connectivity index (χ3v) is 10.1. The number of halogens is 1. The second-order valence-electron chi connectivity index (χ2n) is 8.68. The van der Waals surface area contributed by atoms with Gasteiger partial charge in [-0.15, -0.1) is 0 Å². The maximum Gasteiger partial charge on any atom is 0.192 e. The minimum Gasteiger partial charge on any atom is -0.416 e. The first-order valence-electron chi connectivity index (χ1n) is 8.77. The van der Waals surface area contributed by atoms with Crippen LogP contribution in [-0.2, 0) is 14.6 Å². The number of benzene rings is 1. The maximum absolute atomic E-state index is 11.3. The predicted molar refractivity (Wildman–Crippen MR) is 106 cm³/mol. The lowest BCUT2D eigenvalue weighted by Gasteiger charge is -2.40. The SMILES string of the molecule is CC(=O)CCC[C@](C)(CO[Si](C)(C)C(C)(C)C)c1cccc(Cl)c1. The van der Waals surface area contributed by atoms with E-state index in [1.54, 1.807) is 6.92 Å². The van der Waals surface area contributed by atoms with Crippen molar-refractivity contribution in [3.05, 3.63) is 34.9 Å². The Balaban J connectivity index is 2.99. The molecule has 0 amide bonds. The summed E-state index contributed by atoms with van der Waals surface area (Å²) >= 11 is 6.21. The van der Waals surface area contributed by atoms with E-state index in [0.29, 0.717) is 13.0 Å². The molecule has 136 valence electrons. The average molecular weight is 369 g/mol. The molecule has 0 aliphatic carbocycles. The van der Waals surface area contributed by atoms with Crippen LogP contribution in [-0.4, -0.2) is 20.7 Å². The Morgan fingerprint density at radius 2 is 1.83 bits per heavy atom. The molecule has 1 aromatic rings. The van der Waals surface area contributed by atoms with Gasteiger partial charge in [0, 0.05) is 23.5 Å². The number of rotatable bonds is 8. The summed E-state index contributed by atoms with van der Waals surface area (Å²) < 4.78 is 6.52. The lowest BCUT2D eigenvalue weighted by Crippen LogP contribution is -2.44. The van der Waals surface area contributed by atoms with Crippen LogP contribution < -0.4 is 0 Å². The molecule has 2 nitrogen and oxygen atoms in total. The van der Waals surface area contributed by atoms with Gasteiger partial charge in [0.2, 0.25) is 0 Å². The third-order valence-electron chi connectivity index (χ3n) is 5.34. The van der Waals surface area contributed by atoms with Crippen LogP contribution in [0.3, 0.4) is 0 Å². The minimum atomic E-state index is -1.82. The lowest BCUT2D eigenvalue weighted by molar-refractivity contribution is -0.117. The molecule has 0 N–H and O–H groups in total. The summed E-state index contributed by atoms with van der Waals surface area (Å²) in [5.41, 5.74) is 1.06. The Labute approximate surface area is 154 Å². The van der Waals surface area contributed by atoms with Gasteiger partial charge < -0.3 is 9.22 Å². The highest BCUT2D eigenvalue weighted by Crippen LogP contribution is 2.39. The van der Waals surface area contributed by atoms with Crippen molar-refractivity contribution < 1.29 is 9.22 Å². The van der Waals surface area contributed by atoms with Crippen LogP contribution >= 0.6 is 11.6 Å². The molecule has 1 rings (SSSR count). The number of carbonyl (C=O) groups excluding carboxylic acids is 1. The van der Waals surface area contributed by atoms with Gasteiger partial charge in [0.05, 0.1) is 0 Å². The zero-order chi connectivity index (χ0) is 18.6. The molecule has 0 heterocycles. The molecule has 4 heteroatoms. The molecule has 0 aliphatic heterocycles. The molecule has 0 aromatic heterocycles. The molecule has 0 aliphatic rings. The van der Waals surface area contributed by atoms with Crippen LogP contribution in [0.15, 0.2) is 24.3 Å². The second-order valence-corrected chi connectivity index (χ2v) is 13.9.